The van der Waals surface area contributed by atoms with Crippen molar-refractivity contribution >= 4 is 23.2 Å². The highest BCUT2D eigenvalue weighted by Gasteiger charge is 2.32. The quantitative estimate of drug-likeness (QED) is 0.838. The maximum atomic E-state index is 12.4. The topological polar surface area (TPSA) is 89.1 Å². The lowest BCUT2D eigenvalue weighted by molar-refractivity contribution is -0.124. The molecule has 2 unspecified atom stereocenters. The summed E-state index contributed by atoms with van der Waals surface area (Å²) in [5.74, 6) is 0.000913. The molecule has 124 valence electrons. The first-order valence-electron chi connectivity index (χ1n) is 7.71. The average molecular weight is 337 g/mol. The summed E-state index contributed by atoms with van der Waals surface area (Å²) in [6.07, 6.45) is 7.30. The monoisotopic (exact) mass is 336 g/mol. The molecule has 1 amide bonds. The molecule has 8 heteroatoms. The van der Waals surface area contributed by atoms with E-state index in [1.807, 2.05) is 18.0 Å². The molecule has 3 rings (SSSR count). The van der Waals surface area contributed by atoms with Crippen LogP contribution >= 0.6 is 11.6 Å². The molecule has 1 aliphatic heterocycles. The Balaban J connectivity index is 1.71. The molecule has 0 saturated carbocycles. The third-order valence-corrected chi connectivity index (χ3v) is 4.63. The summed E-state index contributed by atoms with van der Waals surface area (Å²) in [5, 5.41) is 7.97. The van der Waals surface area contributed by atoms with Crippen LogP contribution in [0.25, 0.3) is 5.70 Å². The molecular weight excluding hydrogens is 316 g/mol. The minimum absolute atomic E-state index is 0.000913. The van der Waals surface area contributed by atoms with Crippen molar-refractivity contribution in [1.29, 1.82) is 0 Å². The number of nitrogens with two attached hydrogens (primary N) is 1. The molecule has 2 aliphatic rings. The highest BCUT2D eigenvalue weighted by Crippen LogP contribution is 2.28. The van der Waals surface area contributed by atoms with Gasteiger partial charge in [-0.1, -0.05) is 11.6 Å². The number of likely N-dealkylation sites (tertiary alicyclic amines) is 1. The summed E-state index contributed by atoms with van der Waals surface area (Å²) in [6.45, 7) is 1.17. The van der Waals surface area contributed by atoms with E-state index in [0.29, 0.717) is 13.0 Å². The maximum Gasteiger partial charge on any atom is 0.237 e. The zero-order valence-corrected chi connectivity index (χ0v) is 13.8. The zero-order valence-electron chi connectivity index (χ0n) is 13.1. The Bertz CT molecular complexity index is 638. The lowest BCUT2D eigenvalue weighted by Crippen LogP contribution is -2.42. The second-order valence-corrected chi connectivity index (χ2v) is 6.56. The first kappa shape index (κ1) is 16.2. The number of hydrogen-bond donors (Lipinski definition) is 2. The molecule has 1 aromatic rings. The molecule has 1 saturated heterocycles. The van der Waals surface area contributed by atoms with E-state index in [0.717, 1.165) is 35.7 Å². The highest BCUT2D eigenvalue weighted by molar-refractivity contribution is 6.30. The summed E-state index contributed by atoms with van der Waals surface area (Å²) in [6, 6.07) is -0.104. The van der Waals surface area contributed by atoms with E-state index in [-0.39, 0.29) is 18.0 Å². The largest absolute Gasteiger partial charge is 0.351 e. The number of allylic oxidation sites excluding steroid dienone is 2. The molecule has 1 aliphatic carbocycles. The molecule has 0 radical (unpaired) electrons. The van der Waals surface area contributed by atoms with Crippen LogP contribution in [0.15, 0.2) is 29.3 Å². The van der Waals surface area contributed by atoms with Gasteiger partial charge in [0.1, 0.15) is 12.7 Å². The van der Waals surface area contributed by atoms with Gasteiger partial charge in [0, 0.05) is 29.9 Å². The third kappa shape index (κ3) is 3.63. The fourth-order valence-electron chi connectivity index (χ4n) is 3.15. The van der Waals surface area contributed by atoms with E-state index in [4.69, 9.17) is 17.3 Å². The van der Waals surface area contributed by atoms with Crippen LogP contribution in [-0.2, 0) is 4.79 Å². The zero-order chi connectivity index (χ0) is 16.4. The van der Waals surface area contributed by atoms with E-state index < -0.39 is 0 Å². The van der Waals surface area contributed by atoms with Crippen LogP contribution in [0.1, 0.15) is 19.3 Å². The Morgan fingerprint density at radius 1 is 1.52 bits per heavy atom. The van der Waals surface area contributed by atoms with Crippen molar-refractivity contribution in [2.45, 2.75) is 31.3 Å². The van der Waals surface area contributed by atoms with Crippen molar-refractivity contribution in [3.8, 4) is 0 Å². The van der Waals surface area contributed by atoms with Crippen LogP contribution in [0.3, 0.4) is 0 Å². The first-order valence-corrected chi connectivity index (χ1v) is 8.09. The van der Waals surface area contributed by atoms with Gasteiger partial charge in [-0.25, -0.2) is 9.67 Å². The smallest absolute Gasteiger partial charge is 0.237 e. The number of carbonyl (C=O) groups excluding carboxylic acids is 1. The summed E-state index contributed by atoms with van der Waals surface area (Å²) in [7, 11) is 1.93. The van der Waals surface area contributed by atoms with Gasteiger partial charge in [0.15, 0.2) is 0 Å². The number of nitrogens with one attached hydrogen (secondary N) is 1. The molecule has 1 fully saturated rings. The van der Waals surface area contributed by atoms with E-state index in [9.17, 15) is 4.79 Å². The number of amides is 1. The van der Waals surface area contributed by atoms with Gasteiger partial charge in [0.05, 0.1) is 6.04 Å². The van der Waals surface area contributed by atoms with Crippen LogP contribution in [0.5, 0.6) is 0 Å². The van der Waals surface area contributed by atoms with Crippen LogP contribution in [0.2, 0.25) is 0 Å². The van der Waals surface area contributed by atoms with Gasteiger partial charge in [0.25, 0.3) is 0 Å². The summed E-state index contributed by atoms with van der Waals surface area (Å²) in [4.78, 5) is 18.4. The lowest BCUT2D eigenvalue weighted by atomic mass is 10.0. The summed E-state index contributed by atoms with van der Waals surface area (Å²) >= 11 is 6.17. The Labute approximate surface area is 140 Å². The van der Waals surface area contributed by atoms with Crippen molar-refractivity contribution < 1.29 is 4.79 Å². The van der Waals surface area contributed by atoms with Gasteiger partial charge in [-0.15, -0.1) is 0 Å². The molecule has 7 nitrogen and oxygen atoms in total. The second kappa shape index (κ2) is 6.82. The van der Waals surface area contributed by atoms with Crippen LogP contribution in [0.4, 0.5) is 0 Å². The van der Waals surface area contributed by atoms with Crippen molar-refractivity contribution in [3.63, 3.8) is 0 Å². The first-order chi connectivity index (χ1) is 11.0. The molecule has 1 aromatic heterocycles. The Morgan fingerprint density at radius 2 is 2.35 bits per heavy atom. The van der Waals surface area contributed by atoms with Gasteiger partial charge >= 0.3 is 0 Å². The Hall–Kier alpha value is -1.70. The molecule has 3 N–H and O–H groups in total. The van der Waals surface area contributed by atoms with Crippen molar-refractivity contribution in [3.05, 3.63) is 29.3 Å². The molecule has 2 atom stereocenters. The van der Waals surface area contributed by atoms with Gasteiger partial charge in [0.2, 0.25) is 5.91 Å². The van der Waals surface area contributed by atoms with Gasteiger partial charge in [-0.3, -0.25) is 9.69 Å². The maximum absolute atomic E-state index is 12.4. The van der Waals surface area contributed by atoms with Crippen LogP contribution in [-0.4, -0.2) is 57.8 Å². The van der Waals surface area contributed by atoms with Gasteiger partial charge < -0.3 is 11.1 Å². The van der Waals surface area contributed by atoms with E-state index in [1.165, 1.54) is 6.33 Å². The third-order valence-electron chi connectivity index (χ3n) is 4.33. The van der Waals surface area contributed by atoms with Gasteiger partial charge in [-0.05, 0) is 38.0 Å². The lowest BCUT2D eigenvalue weighted by Gasteiger charge is -2.21. The number of rotatable bonds is 4. The molecule has 0 aromatic carbocycles. The Morgan fingerprint density at radius 3 is 3.00 bits per heavy atom. The molecule has 23 heavy (non-hydrogen) atoms. The van der Waals surface area contributed by atoms with Crippen molar-refractivity contribution in [2.24, 2.45) is 5.73 Å². The normalized spacial score (nSPS) is 25.6. The van der Waals surface area contributed by atoms with Gasteiger partial charge in [-0.2, -0.15) is 5.10 Å². The van der Waals surface area contributed by atoms with Crippen LogP contribution < -0.4 is 11.1 Å². The molecule has 0 spiro atoms. The fourth-order valence-corrected chi connectivity index (χ4v) is 3.38. The predicted molar refractivity (Wildman–Crippen MR) is 88.4 cm³/mol. The number of carbonyl (C=O) groups is 1. The summed E-state index contributed by atoms with van der Waals surface area (Å²) < 4.78 is 1.74. The predicted octanol–water partition coefficient (Wildman–Crippen LogP) is 0.553. The minimum atomic E-state index is -0.163. The molecule has 2 heterocycles. The van der Waals surface area contributed by atoms with E-state index in [2.05, 4.69) is 15.4 Å². The van der Waals surface area contributed by atoms with Crippen molar-refractivity contribution in [2.75, 3.05) is 20.1 Å². The van der Waals surface area contributed by atoms with Crippen LogP contribution in [0, 0.1) is 0 Å². The molecular formula is C15H21ClN6O. The highest BCUT2D eigenvalue weighted by atomic mass is 35.5. The summed E-state index contributed by atoms with van der Waals surface area (Å²) in [5.41, 5.74) is 7.90. The minimum Gasteiger partial charge on any atom is -0.351 e. The number of aromatic nitrogens is 3. The van der Waals surface area contributed by atoms with Crippen molar-refractivity contribution in [1.82, 2.24) is 25.0 Å². The van der Waals surface area contributed by atoms with E-state index >= 15 is 0 Å². The second-order valence-electron chi connectivity index (χ2n) is 6.07. The SMILES string of the molecule is CN1CC(N)CC1C(=O)NCC1=C(n2cncn2)CCC(Cl)=C1. The average Bonchev–Trinajstić information content (AvgIpc) is 3.14. The number of nitrogens with zero attached hydrogens (tertiary/aromatic N) is 4. The number of hydrogen-bond acceptors (Lipinski definition) is 5. The fraction of sp³-hybridized carbons (Fsp3) is 0.533. The standard InChI is InChI=1S/C15H21ClN6O/c1-21-7-12(17)5-14(21)15(23)19-6-10-4-11(16)2-3-13(10)22-9-18-8-20-22/h4,8-9,12,14H,2-3,5-7,17H2,1H3,(H,19,23). The molecule has 0 bridgehead atoms. The number of likely N-dealkylation sites (N-methyl/N-ethyl adjacent to an activating group) is 1. The number of halogens is 1. The van der Waals surface area contributed by atoms with E-state index in [1.54, 1.807) is 11.0 Å². The Kier molecular flexibility index (Phi) is 4.79.